The number of fused-ring (bicyclic) bond motifs is 1. The SMILES string of the molecule is C=C(C)C1Oc2ccc(C(C)O)cc2C1O. The smallest absolute Gasteiger partial charge is 0.149 e. The van der Waals surface area contributed by atoms with Gasteiger partial charge in [-0.05, 0) is 37.1 Å². The standard InChI is InChI=1S/C13H16O3/c1-7(2)13-12(15)10-6-9(8(3)14)4-5-11(10)16-13/h4-6,8,12-15H,1H2,2-3H3. The van der Waals surface area contributed by atoms with Crippen LogP contribution < -0.4 is 4.74 Å². The van der Waals surface area contributed by atoms with Crippen molar-refractivity contribution in [3.63, 3.8) is 0 Å². The molecule has 0 aromatic heterocycles. The molecule has 0 amide bonds. The normalized spacial score (nSPS) is 24.8. The van der Waals surface area contributed by atoms with Crippen molar-refractivity contribution < 1.29 is 14.9 Å². The largest absolute Gasteiger partial charge is 0.483 e. The molecule has 0 aliphatic carbocycles. The molecule has 86 valence electrons. The summed E-state index contributed by atoms with van der Waals surface area (Å²) in [5, 5.41) is 19.5. The van der Waals surface area contributed by atoms with E-state index in [1.807, 2.05) is 6.92 Å². The van der Waals surface area contributed by atoms with E-state index in [-0.39, 0.29) is 6.10 Å². The van der Waals surface area contributed by atoms with E-state index in [1.54, 1.807) is 25.1 Å². The Labute approximate surface area is 95.0 Å². The van der Waals surface area contributed by atoms with Crippen LogP contribution in [0.25, 0.3) is 0 Å². The van der Waals surface area contributed by atoms with E-state index in [9.17, 15) is 10.2 Å². The average Bonchev–Trinajstić information content (AvgIpc) is 2.56. The molecule has 16 heavy (non-hydrogen) atoms. The van der Waals surface area contributed by atoms with Crippen molar-refractivity contribution in [1.29, 1.82) is 0 Å². The minimum Gasteiger partial charge on any atom is -0.483 e. The van der Waals surface area contributed by atoms with Crippen molar-refractivity contribution >= 4 is 0 Å². The summed E-state index contributed by atoms with van der Waals surface area (Å²) < 4.78 is 5.58. The number of benzene rings is 1. The van der Waals surface area contributed by atoms with Gasteiger partial charge in [0, 0.05) is 5.56 Å². The van der Waals surface area contributed by atoms with Crippen molar-refractivity contribution in [2.45, 2.75) is 32.2 Å². The average molecular weight is 220 g/mol. The van der Waals surface area contributed by atoms with Gasteiger partial charge in [0.25, 0.3) is 0 Å². The van der Waals surface area contributed by atoms with E-state index in [2.05, 4.69) is 6.58 Å². The number of rotatable bonds is 2. The Balaban J connectivity index is 2.37. The minimum absolute atomic E-state index is 0.376. The fourth-order valence-electron chi connectivity index (χ4n) is 1.90. The Bertz CT molecular complexity index is 423. The van der Waals surface area contributed by atoms with Gasteiger partial charge in [-0.15, -0.1) is 0 Å². The fraction of sp³-hybridized carbons (Fsp3) is 0.385. The zero-order valence-corrected chi connectivity index (χ0v) is 9.47. The monoisotopic (exact) mass is 220 g/mol. The maximum atomic E-state index is 10.1. The van der Waals surface area contributed by atoms with Gasteiger partial charge in [-0.25, -0.2) is 0 Å². The summed E-state index contributed by atoms with van der Waals surface area (Å²) in [6, 6.07) is 5.37. The summed E-state index contributed by atoms with van der Waals surface area (Å²) in [6.07, 6.45) is -1.60. The molecule has 2 rings (SSSR count). The fourth-order valence-corrected chi connectivity index (χ4v) is 1.90. The molecule has 1 heterocycles. The minimum atomic E-state index is -0.689. The molecule has 3 heteroatoms. The van der Waals surface area contributed by atoms with E-state index >= 15 is 0 Å². The van der Waals surface area contributed by atoms with Crippen molar-refractivity contribution in [1.82, 2.24) is 0 Å². The first-order chi connectivity index (χ1) is 7.50. The Morgan fingerprint density at radius 2 is 2.19 bits per heavy atom. The van der Waals surface area contributed by atoms with Gasteiger partial charge in [0.05, 0.1) is 6.10 Å². The van der Waals surface area contributed by atoms with E-state index in [1.165, 1.54) is 0 Å². The topological polar surface area (TPSA) is 49.7 Å². The first-order valence-corrected chi connectivity index (χ1v) is 5.32. The first-order valence-electron chi connectivity index (χ1n) is 5.32. The second-order valence-corrected chi connectivity index (χ2v) is 4.30. The molecule has 3 nitrogen and oxygen atoms in total. The third-order valence-electron chi connectivity index (χ3n) is 2.86. The highest BCUT2D eigenvalue weighted by atomic mass is 16.5. The van der Waals surface area contributed by atoms with Crippen molar-refractivity contribution in [2.24, 2.45) is 0 Å². The van der Waals surface area contributed by atoms with Gasteiger partial charge in [0.2, 0.25) is 0 Å². The molecule has 0 bridgehead atoms. The summed E-state index contributed by atoms with van der Waals surface area (Å²) in [4.78, 5) is 0. The van der Waals surface area contributed by atoms with Gasteiger partial charge in [0.15, 0.2) is 0 Å². The van der Waals surface area contributed by atoms with Crippen LogP contribution in [0.4, 0.5) is 0 Å². The Morgan fingerprint density at radius 1 is 1.50 bits per heavy atom. The van der Waals surface area contributed by atoms with Crippen molar-refractivity contribution in [3.05, 3.63) is 41.5 Å². The van der Waals surface area contributed by atoms with Crippen LogP contribution in [-0.4, -0.2) is 16.3 Å². The van der Waals surface area contributed by atoms with Crippen LogP contribution in [0, 0.1) is 0 Å². The summed E-state index contributed by atoms with van der Waals surface area (Å²) in [5.41, 5.74) is 2.30. The predicted octanol–water partition coefficient (Wildman–Crippen LogP) is 2.11. The van der Waals surface area contributed by atoms with Crippen LogP contribution in [0.3, 0.4) is 0 Å². The van der Waals surface area contributed by atoms with Crippen LogP contribution >= 0.6 is 0 Å². The Kier molecular flexibility index (Phi) is 2.74. The van der Waals surface area contributed by atoms with Gasteiger partial charge < -0.3 is 14.9 Å². The molecule has 1 aromatic rings. The molecule has 1 aliphatic rings. The molecule has 0 saturated carbocycles. The van der Waals surface area contributed by atoms with Crippen molar-refractivity contribution in [2.75, 3.05) is 0 Å². The van der Waals surface area contributed by atoms with E-state index in [0.717, 1.165) is 16.7 Å². The number of ether oxygens (including phenoxy) is 1. The third-order valence-corrected chi connectivity index (χ3v) is 2.86. The number of aliphatic hydroxyl groups excluding tert-OH is 2. The lowest BCUT2D eigenvalue weighted by Crippen LogP contribution is -2.19. The van der Waals surface area contributed by atoms with Crippen LogP contribution in [0.5, 0.6) is 5.75 Å². The third kappa shape index (κ3) is 1.72. The maximum Gasteiger partial charge on any atom is 0.149 e. The van der Waals surface area contributed by atoms with Gasteiger partial charge in [-0.1, -0.05) is 12.6 Å². The number of hydrogen-bond acceptors (Lipinski definition) is 3. The van der Waals surface area contributed by atoms with Crippen molar-refractivity contribution in [3.8, 4) is 5.75 Å². The van der Waals surface area contributed by atoms with Gasteiger partial charge >= 0.3 is 0 Å². The van der Waals surface area contributed by atoms with Crippen LogP contribution in [-0.2, 0) is 0 Å². The van der Waals surface area contributed by atoms with Gasteiger partial charge in [-0.3, -0.25) is 0 Å². The molecular formula is C13H16O3. The highest BCUT2D eigenvalue weighted by molar-refractivity contribution is 5.44. The highest BCUT2D eigenvalue weighted by Crippen LogP contribution is 2.40. The highest BCUT2D eigenvalue weighted by Gasteiger charge is 2.33. The Morgan fingerprint density at radius 3 is 2.75 bits per heavy atom. The molecule has 0 spiro atoms. The maximum absolute atomic E-state index is 10.1. The lowest BCUT2D eigenvalue weighted by molar-refractivity contribution is 0.0900. The van der Waals surface area contributed by atoms with Crippen LogP contribution in [0.2, 0.25) is 0 Å². The predicted molar refractivity (Wildman–Crippen MR) is 61.3 cm³/mol. The molecule has 3 atom stereocenters. The zero-order chi connectivity index (χ0) is 11.9. The Hall–Kier alpha value is -1.32. The van der Waals surface area contributed by atoms with E-state index in [4.69, 9.17) is 4.74 Å². The zero-order valence-electron chi connectivity index (χ0n) is 9.47. The van der Waals surface area contributed by atoms with Gasteiger partial charge in [0.1, 0.15) is 18.0 Å². The second kappa shape index (κ2) is 3.92. The lowest BCUT2D eigenvalue weighted by Gasteiger charge is -2.13. The summed E-state index contributed by atoms with van der Waals surface area (Å²) in [6.45, 7) is 7.32. The molecule has 2 N–H and O–H groups in total. The summed E-state index contributed by atoms with van der Waals surface area (Å²) in [5.74, 6) is 0.671. The molecule has 1 aromatic carbocycles. The summed E-state index contributed by atoms with van der Waals surface area (Å²) >= 11 is 0. The first kappa shape index (κ1) is 11.2. The van der Waals surface area contributed by atoms with Gasteiger partial charge in [-0.2, -0.15) is 0 Å². The number of hydrogen-bond donors (Lipinski definition) is 2. The molecular weight excluding hydrogens is 204 g/mol. The quantitative estimate of drug-likeness (QED) is 0.750. The molecule has 1 aliphatic heterocycles. The van der Waals surface area contributed by atoms with E-state index in [0.29, 0.717) is 5.75 Å². The molecule has 0 saturated heterocycles. The number of aliphatic hydroxyl groups is 2. The summed E-state index contributed by atoms with van der Waals surface area (Å²) in [7, 11) is 0. The van der Waals surface area contributed by atoms with E-state index < -0.39 is 12.2 Å². The molecule has 0 radical (unpaired) electrons. The lowest BCUT2D eigenvalue weighted by atomic mass is 9.99. The molecule has 0 fully saturated rings. The molecule has 3 unspecified atom stereocenters. The van der Waals surface area contributed by atoms with Crippen LogP contribution in [0.1, 0.15) is 37.2 Å². The second-order valence-electron chi connectivity index (χ2n) is 4.30. The van der Waals surface area contributed by atoms with Crippen LogP contribution in [0.15, 0.2) is 30.4 Å².